The zero-order valence-corrected chi connectivity index (χ0v) is 17.4. The van der Waals surface area contributed by atoms with E-state index < -0.39 is 0 Å². The Morgan fingerprint density at radius 2 is 2.10 bits per heavy atom. The summed E-state index contributed by atoms with van der Waals surface area (Å²) in [6, 6.07) is 10.2. The molecule has 0 aliphatic carbocycles. The van der Waals surface area contributed by atoms with Gasteiger partial charge in [-0.25, -0.2) is 4.99 Å². The molecule has 1 aliphatic heterocycles. The summed E-state index contributed by atoms with van der Waals surface area (Å²) in [7, 11) is 0. The lowest BCUT2D eigenvalue weighted by molar-refractivity contribution is -0.120. The molecule has 0 radical (unpaired) electrons. The van der Waals surface area contributed by atoms with Crippen molar-refractivity contribution in [2.24, 2.45) is 4.99 Å². The maximum atomic E-state index is 11.6. The lowest BCUT2D eigenvalue weighted by Gasteiger charge is -2.28. The fourth-order valence-electron chi connectivity index (χ4n) is 3.04. The largest absolute Gasteiger partial charge is 0.360 e. The van der Waals surface area contributed by atoms with Gasteiger partial charge in [0.25, 0.3) is 0 Å². The van der Waals surface area contributed by atoms with Crippen molar-refractivity contribution < 1.29 is 9.32 Å². The minimum absolute atomic E-state index is 0.0681. The number of benzene rings is 1. The molecule has 1 aromatic carbocycles. The second-order valence-corrected chi connectivity index (χ2v) is 7.36. The maximum absolute atomic E-state index is 11.6. The van der Waals surface area contributed by atoms with E-state index in [9.17, 15) is 4.79 Å². The molecule has 2 aromatic rings. The standard InChI is InChI=1S/C21H30N6O2/c1-4-22-21(25-13-18-11-19(15(2)3)26-29-18)24-12-16-5-7-17(8-6-16)27-10-9-23-20(28)14-27/h5-8,11,15H,4,9-10,12-14H2,1-3H3,(H,23,28)(H2,22,24,25). The van der Waals surface area contributed by atoms with Crippen molar-refractivity contribution in [2.45, 2.75) is 39.8 Å². The number of aliphatic imine (C=N–C) groups is 1. The number of carbonyl (C=O) groups excluding carboxylic acids is 1. The molecule has 8 heteroatoms. The van der Waals surface area contributed by atoms with Gasteiger partial charge in [-0.05, 0) is 30.5 Å². The van der Waals surface area contributed by atoms with Gasteiger partial charge in [0.15, 0.2) is 11.7 Å². The van der Waals surface area contributed by atoms with Crippen LogP contribution in [-0.4, -0.2) is 43.2 Å². The lowest BCUT2D eigenvalue weighted by atomic mass is 10.1. The average molecular weight is 399 g/mol. The van der Waals surface area contributed by atoms with Crippen molar-refractivity contribution in [1.82, 2.24) is 21.1 Å². The van der Waals surface area contributed by atoms with Crippen LogP contribution in [0.4, 0.5) is 5.69 Å². The van der Waals surface area contributed by atoms with Crippen LogP contribution in [0.15, 0.2) is 39.8 Å². The Morgan fingerprint density at radius 1 is 1.31 bits per heavy atom. The van der Waals surface area contributed by atoms with Gasteiger partial charge in [-0.15, -0.1) is 0 Å². The zero-order valence-electron chi connectivity index (χ0n) is 17.4. The van der Waals surface area contributed by atoms with E-state index in [-0.39, 0.29) is 5.91 Å². The number of anilines is 1. The minimum atomic E-state index is 0.0681. The van der Waals surface area contributed by atoms with Crippen molar-refractivity contribution >= 4 is 17.6 Å². The van der Waals surface area contributed by atoms with Crippen LogP contribution in [0.25, 0.3) is 0 Å². The lowest BCUT2D eigenvalue weighted by Crippen LogP contribution is -2.47. The second kappa shape index (κ2) is 9.95. The first-order valence-corrected chi connectivity index (χ1v) is 10.1. The van der Waals surface area contributed by atoms with E-state index in [1.165, 1.54) is 0 Å². The van der Waals surface area contributed by atoms with E-state index in [0.29, 0.717) is 32.1 Å². The van der Waals surface area contributed by atoms with Crippen LogP contribution >= 0.6 is 0 Å². The smallest absolute Gasteiger partial charge is 0.239 e. The van der Waals surface area contributed by atoms with Gasteiger partial charge in [-0.1, -0.05) is 31.1 Å². The number of nitrogens with zero attached hydrogens (tertiary/aromatic N) is 3. The van der Waals surface area contributed by atoms with E-state index in [2.05, 4.69) is 57.0 Å². The van der Waals surface area contributed by atoms with Crippen LogP contribution in [-0.2, 0) is 17.9 Å². The number of hydrogen-bond acceptors (Lipinski definition) is 5. The molecule has 0 unspecified atom stereocenters. The van der Waals surface area contributed by atoms with Crippen molar-refractivity contribution in [3.63, 3.8) is 0 Å². The zero-order chi connectivity index (χ0) is 20.6. The third-order valence-corrected chi connectivity index (χ3v) is 4.70. The van der Waals surface area contributed by atoms with Crippen LogP contribution < -0.4 is 20.9 Å². The summed E-state index contributed by atoms with van der Waals surface area (Å²) >= 11 is 0. The van der Waals surface area contributed by atoms with Gasteiger partial charge in [0.2, 0.25) is 5.91 Å². The topological polar surface area (TPSA) is 94.8 Å². The molecule has 156 valence electrons. The van der Waals surface area contributed by atoms with Gasteiger partial charge in [-0.3, -0.25) is 4.79 Å². The normalized spacial score (nSPS) is 14.8. The molecular weight excluding hydrogens is 368 g/mol. The number of carbonyl (C=O) groups is 1. The molecule has 29 heavy (non-hydrogen) atoms. The number of guanidine groups is 1. The van der Waals surface area contributed by atoms with E-state index >= 15 is 0 Å². The summed E-state index contributed by atoms with van der Waals surface area (Å²) < 4.78 is 5.37. The minimum Gasteiger partial charge on any atom is -0.360 e. The predicted octanol–water partition coefficient (Wildman–Crippen LogP) is 1.99. The SMILES string of the molecule is CCNC(=NCc1ccc(N2CCNC(=O)C2)cc1)NCc1cc(C(C)C)no1. The third kappa shape index (κ3) is 5.97. The molecule has 1 saturated heterocycles. The van der Waals surface area contributed by atoms with Crippen molar-refractivity contribution in [2.75, 3.05) is 31.1 Å². The summed E-state index contributed by atoms with van der Waals surface area (Å²) in [5.41, 5.74) is 3.12. The Kier molecular flexibility index (Phi) is 7.10. The quantitative estimate of drug-likeness (QED) is 0.488. The first-order valence-electron chi connectivity index (χ1n) is 10.1. The van der Waals surface area contributed by atoms with E-state index in [1.807, 2.05) is 25.1 Å². The van der Waals surface area contributed by atoms with E-state index in [1.54, 1.807) is 0 Å². The second-order valence-electron chi connectivity index (χ2n) is 7.36. The molecule has 0 spiro atoms. The van der Waals surface area contributed by atoms with Crippen LogP contribution in [0.1, 0.15) is 43.7 Å². The maximum Gasteiger partial charge on any atom is 0.239 e. The fraction of sp³-hybridized carbons (Fsp3) is 0.476. The van der Waals surface area contributed by atoms with Gasteiger partial charge >= 0.3 is 0 Å². The Hall–Kier alpha value is -3.03. The highest BCUT2D eigenvalue weighted by atomic mass is 16.5. The fourth-order valence-corrected chi connectivity index (χ4v) is 3.04. The molecule has 1 aliphatic rings. The summed E-state index contributed by atoms with van der Waals surface area (Å²) in [6.45, 7) is 10.0. The number of hydrogen-bond donors (Lipinski definition) is 3. The van der Waals surface area contributed by atoms with Gasteiger partial charge < -0.3 is 25.4 Å². The molecule has 0 bridgehead atoms. The van der Waals surface area contributed by atoms with Crippen LogP contribution in [0, 0.1) is 0 Å². The first kappa shape index (κ1) is 20.7. The molecule has 3 N–H and O–H groups in total. The number of amides is 1. The summed E-state index contributed by atoms with van der Waals surface area (Å²) in [5, 5.41) is 13.5. The highest BCUT2D eigenvalue weighted by Crippen LogP contribution is 2.17. The molecule has 8 nitrogen and oxygen atoms in total. The molecule has 2 heterocycles. The molecule has 1 amide bonds. The first-order chi connectivity index (χ1) is 14.0. The highest BCUT2D eigenvalue weighted by molar-refractivity contribution is 5.82. The molecule has 0 atom stereocenters. The Bertz CT molecular complexity index is 828. The third-order valence-electron chi connectivity index (χ3n) is 4.70. The summed E-state index contributed by atoms with van der Waals surface area (Å²) in [5.74, 6) is 1.93. The van der Waals surface area contributed by atoms with Gasteiger partial charge in [0.05, 0.1) is 25.3 Å². The van der Waals surface area contributed by atoms with Crippen molar-refractivity contribution in [3.05, 3.63) is 47.3 Å². The van der Waals surface area contributed by atoms with Gasteiger partial charge in [0, 0.05) is 31.4 Å². The Labute approximate surface area is 171 Å². The highest BCUT2D eigenvalue weighted by Gasteiger charge is 2.16. The Morgan fingerprint density at radius 3 is 2.76 bits per heavy atom. The Balaban J connectivity index is 1.56. The van der Waals surface area contributed by atoms with Crippen LogP contribution in [0.2, 0.25) is 0 Å². The predicted molar refractivity (Wildman–Crippen MR) is 114 cm³/mol. The van der Waals surface area contributed by atoms with Crippen LogP contribution in [0.5, 0.6) is 0 Å². The van der Waals surface area contributed by atoms with E-state index in [4.69, 9.17) is 4.52 Å². The van der Waals surface area contributed by atoms with E-state index in [0.717, 1.165) is 41.8 Å². The van der Waals surface area contributed by atoms with Gasteiger partial charge in [0.1, 0.15) is 0 Å². The number of nitrogens with one attached hydrogen (secondary N) is 3. The van der Waals surface area contributed by atoms with Crippen LogP contribution in [0.3, 0.4) is 0 Å². The molecule has 3 rings (SSSR count). The number of piperazine rings is 1. The monoisotopic (exact) mass is 398 g/mol. The molecule has 1 fully saturated rings. The van der Waals surface area contributed by atoms with Gasteiger partial charge in [-0.2, -0.15) is 0 Å². The molecular formula is C21H30N6O2. The molecule has 0 saturated carbocycles. The number of aromatic nitrogens is 1. The average Bonchev–Trinajstić information content (AvgIpc) is 3.20. The number of rotatable bonds is 7. The van der Waals surface area contributed by atoms with Crippen molar-refractivity contribution in [3.8, 4) is 0 Å². The summed E-state index contributed by atoms with van der Waals surface area (Å²) in [4.78, 5) is 18.3. The molecule has 1 aromatic heterocycles. The summed E-state index contributed by atoms with van der Waals surface area (Å²) in [6.07, 6.45) is 0. The van der Waals surface area contributed by atoms with Crippen molar-refractivity contribution in [1.29, 1.82) is 0 Å².